The molecule has 2 aromatic carbocycles. The third-order valence-corrected chi connectivity index (χ3v) is 3.33. The Morgan fingerprint density at radius 1 is 1.09 bits per heavy atom. The van der Waals surface area contributed by atoms with Gasteiger partial charge in [0.1, 0.15) is 17.6 Å². The molecule has 23 heavy (non-hydrogen) atoms. The van der Waals surface area contributed by atoms with Crippen LogP contribution in [0.4, 0.5) is 0 Å². The van der Waals surface area contributed by atoms with Gasteiger partial charge in [-0.15, -0.1) is 0 Å². The average molecular weight is 306 g/mol. The van der Waals surface area contributed by atoms with Crippen molar-refractivity contribution in [3.05, 3.63) is 71.6 Å². The number of carbonyl (C=O) groups is 1. The van der Waals surface area contributed by atoms with E-state index in [2.05, 4.69) is 5.32 Å². The van der Waals surface area contributed by atoms with Crippen LogP contribution < -0.4 is 10.1 Å². The van der Waals surface area contributed by atoms with Crippen molar-refractivity contribution in [3.8, 4) is 17.6 Å². The molecule has 0 radical (unpaired) electrons. The van der Waals surface area contributed by atoms with E-state index in [9.17, 15) is 4.79 Å². The summed E-state index contributed by atoms with van der Waals surface area (Å²) in [5, 5.41) is 11.6. The number of hydrogen-bond acceptors (Lipinski definition) is 4. The van der Waals surface area contributed by atoms with Crippen LogP contribution in [-0.4, -0.2) is 12.5 Å². The normalized spacial score (nSPS) is 13.2. The topological polar surface area (TPSA) is 71.4 Å². The summed E-state index contributed by atoms with van der Waals surface area (Å²) in [5.74, 6) is 1.30. The number of ether oxygens (including phenoxy) is 2. The van der Waals surface area contributed by atoms with Crippen LogP contribution in [0.5, 0.6) is 11.5 Å². The summed E-state index contributed by atoms with van der Waals surface area (Å²) in [6.45, 7) is 0.419. The van der Waals surface area contributed by atoms with Crippen molar-refractivity contribution in [1.29, 1.82) is 5.26 Å². The van der Waals surface area contributed by atoms with Gasteiger partial charge in [-0.25, -0.2) is 0 Å². The van der Waals surface area contributed by atoms with Crippen molar-refractivity contribution in [2.75, 3.05) is 6.61 Å². The number of carbonyl (C=O) groups excluding carboxylic acids is 1. The van der Waals surface area contributed by atoms with Crippen molar-refractivity contribution in [2.45, 2.75) is 6.42 Å². The molecule has 0 unspecified atom stereocenters. The van der Waals surface area contributed by atoms with Crippen molar-refractivity contribution < 1.29 is 14.3 Å². The van der Waals surface area contributed by atoms with Crippen molar-refractivity contribution in [3.63, 3.8) is 0 Å². The van der Waals surface area contributed by atoms with Crippen LogP contribution in [0.25, 0.3) is 0 Å². The van der Waals surface area contributed by atoms with E-state index in [-0.39, 0.29) is 11.8 Å². The Labute approximate surface area is 133 Å². The lowest BCUT2D eigenvalue weighted by atomic mass is 10.2. The molecule has 1 amide bonds. The first-order valence-electron chi connectivity index (χ1n) is 7.16. The Bertz CT molecular complexity index is 774. The highest BCUT2D eigenvalue weighted by Crippen LogP contribution is 2.21. The van der Waals surface area contributed by atoms with Gasteiger partial charge in [0.15, 0.2) is 0 Å². The molecule has 0 aliphatic carbocycles. The first kappa shape index (κ1) is 14.7. The van der Waals surface area contributed by atoms with E-state index in [4.69, 9.17) is 14.7 Å². The molecule has 1 N–H and O–H groups in total. The van der Waals surface area contributed by atoms with Gasteiger partial charge in [0.2, 0.25) is 5.88 Å². The van der Waals surface area contributed by atoms with Gasteiger partial charge < -0.3 is 9.47 Å². The number of nitriles is 1. The van der Waals surface area contributed by atoms with Gasteiger partial charge in [0.25, 0.3) is 5.91 Å². The molecule has 0 saturated heterocycles. The van der Waals surface area contributed by atoms with E-state index in [1.807, 2.05) is 36.4 Å². The van der Waals surface area contributed by atoms with Crippen LogP contribution in [0.1, 0.15) is 16.8 Å². The van der Waals surface area contributed by atoms with Crippen molar-refractivity contribution in [2.24, 2.45) is 0 Å². The number of para-hydroxylation sites is 1. The molecule has 0 saturated carbocycles. The molecular weight excluding hydrogens is 292 g/mol. The minimum absolute atomic E-state index is 0.252. The van der Waals surface area contributed by atoms with E-state index in [1.54, 1.807) is 24.3 Å². The molecule has 0 spiro atoms. The molecule has 3 rings (SSSR count). The maximum atomic E-state index is 12.2. The summed E-state index contributed by atoms with van der Waals surface area (Å²) in [6, 6.07) is 18.2. The number of nitrogens with zero attached hydrogens (tertiary/aromatic N) is 1. The molecule has 2 aromatic rings. The fourth-order valence-electron chi connectivity index (χ4n) is 2.15. The van der Waals surface area contributed by atoms with Crippen LogP contribution in [0.15, 0.2) is 66.1 Å². The van der Waals surface area contributed by atoms with E-state index >= 15 is 0 Å². The number of nitrogens with one attached hydrogen (secondary N) is 1. The summed E-state index contributed by atoms with van der Waals surface area (Å²) in [6.07, 6.45) is 0.524. The van der Waals surface area contributed by atoms with E-state index in [1.165, 1.54) is 0 Å². The molecule has 0 aromatic heterocycles. The number of rotatable bonds is 4. The Kier molecular flexibility index (Phi) is 4.25. The number of amides is 1. The maximum Gasteiger partial charge on any atom is 0.257 e. The number of hydrogen-bond donors (Lipinski definition) is 1. The van der Waals surface area contributed by atoms with Crippen LogP contribution in [0.3, 0.4) is 0 Å². The molecular formula is C18H14N2O3. The first-order chi connectivity index (χ1) is 11.3. The molecule has 5 nitrogen and oxygen atoms in total. The summed E-state index contributed by atoms with van der Waals surface area (Å²) < 4.78 is 10.9. The zero-order valence-corrected chi connectivity index (χ0v) is 12.3. The fourth-order valence-corrected chi connectivity index (χ4v) is 2.15. The van der Waals surface area contributed by atoms with Gasteiger partial charge in [0.05, 0.1) is 12.2 Å². The zero-order chi connectivity index (χ0) is 16.1. The molecule has 0 atom stereocenters. The highest BCUT2D eigenvalue weighted by molar-refractivity contribution is 5.95. The molecule has 0 fully saturated rings. The lowest BCUT2D eigenvalue weighted by Gasteiger charge is -2.08. The van der Waals surface area contributed by atoms with Crippen LogP contribution in [0.2, 0.25) is 0 Å². The lowest BCUT2D eigenvalue weighted by molar-refractivity contribution is 0.0930. The van der Waals surface area contributed by atoms with E-state index in [0.29, 0.717) is 29.9 Å². The third-order valence-electron chi connectivity index (χ3n) is 3.33. The SMILES string of the molecule is N#CC1=C(NC(=O)c2ccc(Oc3ccccc3)cc2)OCC1. The summed E-state index contributed by atoms with van der Waals surface area (Å²) >= 11 is 0. The third kappa shape index (κ3) is 3.50. The highest BCUT2D eigenvalue weighted by atomic mass is 16.5. The molecule has 5 heteroatoms. The van der Waals surface area contributed by atoms with E-state index < -0.39 is 0 Å². The lowest BCUT2D eigenvalue weighted by Crippen LogP contribution is -2.23. The van der Waals surface area contributed by atoms with Gasteiger partial charge in [0, 0.05) is 12.0 Å². The van der Waals surface area contributed by atoms with Gasteiger partial charge in [-0.3, -0.25) is 10.1 Å². The van der Waals surface area contributed by atoms with Crippen molar-refractivity contribution in [1.82, 2.24) is 5.32 Å². The maximum absolute atomic E-state index is 12.2. The molecule has 1 heterocycles. The Balaban J connectivity index is 1.67. The average Bonchev–Trinajstić information content (AvgIpc) is 3.03. The number of benzene rings is 2. The molecule has 1 aliphatic rings. The molecule has 0 bridgehead atoms. The Morgan fingerprint density at radius 2 is 1.78 bits per heavy atom. The predicted molar refractivity (Wildman–Crippen MR) is 83.6 cm³/mol. The standard InChI is InChI=1S/C18H14N2O3/c19-12-14-10-11-22-18(14)20-17(21)13-6-8-16(9-7-13)23-15-4-2-1-3-5-15/h1-9H,10-11H2,(H,20,21). The monoisotopic (exact) mass is 306 g/mol. The first-order valence-corrected chi connectivity index (χ1v) is 7.16. The van der Waals surface area contributed by atoms with Gasteiger partial charge in [-0.2, -0.15) is 5.26 Å². The minimum Gasteiger partial charge on any atom is -0.478 e. The van der Waals surface area contributed by atoms with Crippen LogP contribution in [0, 0.1) is 11.3 Å². The smallest absolute Gasteiger partial charge is 0.257 e. The summed E-state index contributed by atoms with van der Waals surface area (Å²) in [5.41, 5.74) is 0.924. The van der Waals surface area contributed by atoms with Crippen molar-refractivity contribution >= 4 is 5.91 Å². The quantitative estimate of drug-likeness (QED) is 0.940. The predicted octanol–water partition coefficient (Wildman–Crippen LogP) is 3.36. The Morgan fingerprint density at radius 3 is 2.48 bits per heavy atom. The minimum atomic E-state index is -0.319. The molecule has 1 aliphatic heterocycles. The second kappa shape index (κ2) is 6.67. The van der Waals surface area contributed by atoms with Crippen LogP contribution in [-0.2, 0) is 4.74 Å². The molecule has 114 valence electrons. The van der Waals surface area contributed by atoms with E-state index in [0.717, 1.165) is 5.75 Å². The summed E-state index contributed by atoms with van der Waals surface area (Å²) in [4.78, 5) is 12.2. The van der Waals surface area contributed by atoms with Gasteiger partial charge in [-0.05, 0) is 36.4 Å². The summed E-state index contributed by atoms with van der Waals surface area (Å²) in [7, 11) is 0. The van der Waals surface area contributed by atoms with Gasteiger partial charge >= 0.3 is 0 Å². The zero-order valence-electron chi connectivity index (χ0n) is 12.3. The Hall–Kier alpha value is -3.26. The largest absolute Gasteiger partial charge is 0.478 e. The fraction of sp³-hybridized carbons (Fsp3) is 0.111. The second-order valence-electron chi connectivity index (χ2n) is 4.91. The second-order valence-corrected chi connectivity index (χ2v) is 4.91. The van der Waals surface area contributed by atoms with Crippen LogP contribution >= 0.6 is 0 Å². The highest BCUT2D eigenvalue weighted by Gasteiger charge is 2.18. The van der Waals surface area contributed by atoms with Gasteiger partial charge in [-0.1, -0.05) is 18.2 Å².